The van der Waals surface area contributed by atoms with Crippen LogP contribution in [0.25, 0.3) is 6.08 Å². The molecule has 0 bridgehead atoms. The zero-order valence-electron chi connectivity index (χ0n) is 11.6. The summed E-state index contributed by atoms with van der Waals surface area (Å²) < 4.78 is 18.3. The molecule has 20 heavy (non-hydrogen) atoms. The number of amides is 1. The van der Waals surface area contributed by atoms with Crippen molar-refractivity contribution < 1.29 is 19.0 Å². The lowest BCUT2D eigenvalue weighted by atomic mass is 10.1. The monoisotopic (exact) mass is 279 g/mol. The number of hydrogen-bond donors (Lipinski definition) is 1. The molecule has 0 aliphatic carbocycles. The second-order valence-corrected chi connectivity index (χ2v) is 5.23. The van der Waals surface area contributed by atoms with E-state index >= 15 is 0 Å². The number of β-amino-alcohol motifs (C(OH)–C–C–N with tert-alkyl or cyclic N) is 1. The fourth-order valence-corrected chi connectivity index (χ4v) is 2.19. The summed E-state index contributed by atoms with van der Waals surface area (Å²) in [5.74, 6) is -0.478. The summed E-state index contributed by atoms with van der Waals surface area (Å²) in [6, 6.07) is 4.49. The Balaban J connectivity index is 2.02. The number of hydrogen-bond acceptors (Lipinski definition) is 3. The third-order valence-corrected chi connectivity index (χ3v) is 3.36. The van der Waals surface area contributed by atoms with E-state index in [4.69, 9.17) is 4.74 Å². The predicted molar refractivity (Wildman–Crippen MR) is 73.8 cm³/mol. The number of aliphatic hydroxyl groups is 1. The molecular weight excluding hydrogens is 261 g/mol. The van der Waals surface area contributed by atoms with Crippen molar-refractivity contribution in [3.05, 3.63) is 35.7 Å². The van der Waals surface area contributed by atoms with Crippen molar-refractivity contribution in [1.82, 2.24) is 4.90 Å². The van der Waals surface area contributed by atoms with E-state index in [0.29, 0.717) is 25.1 Å². The molecule has 0 aromatic heterocycles. The first-order chi connectivity index (χ1) is 9.41. The van der Waals surface area contributed by atoms with Crippen LogP contribution in [0, 0.1) is 5.82 Å². The Kier molecular flexibility index (Phi) is 4.09. The number of nitrogens with zero attached hydrogens (tertiary/aromatic N) is 1. The van der Waals surface area contributed by atoms with Crippen molar-refractivity contribution in [2.45, 2.75) is 18.9 Å². The standard InChI is InChI=1S/C15H18FNO3/c1-15(19)7-8-17(10-15)14(18)6-4-11-3-5-13(20-2)12(16)9-11/h3-6,9,19H,7-8,10H2,1-2H3/b6-4+. The first-order valence-corrected chi connectivity index (χ1v) is 6.44. The summed E-state index contributed by atoms with van der Waals surface area (Å²) in [4.78, 5) is 13.5. The number of likely N-dealkylation sites (tertiary alicyclic amines) is 1. The van der Waals surface area contributed by atoms with Gasteiger partial charge in [-0.1, -0.05) is 6.07 Å². The van der Waals surface area contributed by atoms with E-state index < -0.39 is 11.4 Å². The minimum absolute atomic E-state index is 0.170. The van der Waals surface area contributed by atoms with Gasteiger partial charge in [0.1, 0.15) is 0 Å². The highest BCUT2D eigenvalue weighted by atomic mass is 19.1. The number of ether oxygens (including phenoxy) is 1. The molecule has 1 heterocycles. The van der Waals surface area contributed by atoms with Crippen LogP contribution in [0.4, 0.5) is 4.39 Å². The lowest BCUT2D eigenvalue weighted by molar-refractivity contribution is -0.125. The van der Waals surface area contributed by atoms with Gasteiger partial charge in [0.05, 0.1) is 12.7 Å². The van der Waals surface area contributed by atoms with Crippen LogP contribution in [0.5, 0.6) is 5.75 Å². The first-order valence-electron chi connectivity index (χ1n) is 6.44. The quantitative estimate of drug-likeness (QED) is 0.859. The highest BCUT2D eigenvalue weighted by molar-refractivity contribution is 5.92. The Labute approximate surface area is 117 Å². The van der Waals surface area contributed by atoms with E-state index in [9.17, 15) is 14.3 Å². The van der Waals surface area contributed by atoms with Gasteiger partial charge in [-0.05, 0) is 37.1 Å². The normalized spacial score (nSPS) is 22.5. The van der Waals surface area contributed by atoms with Crippen LogP contribution in [0.2, 0.25) is 0 Å². The molecule has 5 heteroatoms. The van der Waals surface area contributed by atoms with Gasteiger partial charge < -0.3 is 14.7 Å². The molecule has 1 aromatic carbocycles. The number of carbonyl (C=O) groups is 1. The Morgan fingerprint density at radius 3 is 2.85 bits per heavy atom. The summed E-state index contributed by atoms with van der Waals surface area (Å²) in [6.45, 7) is 2.57. The zero-order chi connectivity index (χ0) is 14.8. The number of carbonyl (C=O) groups excluding carboxylic acids is 1. The molecule has 1 unspecified atom stereocenters. The minimum atomic E-state index is -0.810. The van der Waals surface area contributed by atoms with Crippen molar-refractivity contribution >= 4 is 12.0 Å². The molecule has 2 rings (SSSR count). The van der Waals surface area contributed by atoms with Gasteiger partial charge in [-0.3, -0.25) is 4.79 Å². The van der Waals surface area contributed by atoms with Crippen LogP contribution in [-0.4, -0.2) is 41.7 Å². The molecule has 108 valence electrons. The first kappa shape index (κ1) is 14.5. The van der Waals surface area contributed by atoms with Gasteiger partial charge in [0.25, 0.3) is 0 Å². The van der Waals surface area contributed by atoms with Crippen LogP contribution < -0.4 is 4.74 Å². The van der Waals surface area contributed by atoms with E-state index in [1.807, 2.05) is 0 Å². The van der Waals surface area contributed by atoms with Crippen molar-refractivity contribution in [3.8, 4) is 5.75 Å². The maximum Gasteiger partial charge on any atom is 0.246 e. The van der Waals surface area contributed by atoms with Gasteiger partial charge in [0.2, 0.25) is 5.91 Å². The smallest absolute Gasteiger partial charge is 0.246 e. The molecular formula is C15H18FNO3. The highest BCUT2D eigenvalue weighted by Crippen LogP contribution is 2.21. The summed E-state index contributed by atoms with van der Waals surface area (Å²) in [6.07, 6.45) is 3.52. The van der Waals surface area contributed by atoms with E-state index in [0.717, 1.165) is 0 Å². The number of benzene rings is 1. The van der Waals surface area contributed by atoms with Crippen LogP contribution in [-0.2, 0) is 4.79 Å². The van der Waals surface area contributed by atoms with Crippen molar-refractivity contribution in [3.63, 3.8) is 0 Å². The molecule has 1 fully saturated rings. The van der Waals surface area contributed by atoms with Gasteiger partial charge in [0, 0.05) is 19.2 Å². The van der Waals surface area contributed by atoms with Gasteiger partial charge in [-0.15, -0.1) is 0 Å². The lowest BCUT2D eigenvalue weighted by Gasteiger charge is -2.17. The average Bonchev–Trinajstić information content (AvgIpc) is 2.76. The molecule has 1 N–H and O–H groups in total. The molecule has 1 aliphatic rings. The minimum Gasteiger partial charge on any atom is -0.494 e. The van der Waals surface area contributed by atoms with Gasteiger partial charge in [-0.2, -0.15) is 0 Å². The fraction of sp³-hybridized carbons (Fsp3) is 0.400. The number of rotatable bonds is 3. The Morgan fingerprint density at radius 1 is 1.55 bits per heavy atom. The average molecular weight is 279 g/mol. The summed E-state index contributed by atoms with van der Waals surface area (Å²) in [7, 11) is 1.40. The Morgan fingerprint density at radius 2 is 2.30 bits per heavy atom. The summed E-state index contributed by atoms with van der Waals surface area (Å²) in [5.41, 5.74) is -0.224. The Bertz CT molecular complexity index is 540. The molecule has 1 saturated heterocycles. The van der Waals surface area contributed by atoms with Crippen molar-refractivity contribution in [2.75, 3.05) is 20.2 Å². The van der Waals surface area contributed by atoms with Crippen LogP contribution >= 0.6 is 0 Å². The largest absolute Gasteiger partial charge is 0.494 e. The van der Waals surface area contributed by atoms with E-state index in [1.165, 1.54) is 25.3 Å². The molecule has 1 aromatic rings. The molecule has 0 saturated carbocycles. The Hall–Kier alpha value is -1.88. The predicted octanol–water partition coefficient (Wildman–Crippen LogP) is 1.83. The molecule has 0 radical (unpaired) electrons. The maximum absolute atomic E-state index is 13.5. The topological polar surface area (TPSA) is 49.8 Å². The van der Waals surface area contributed by atoms with E-state index in [2.05, 4.69) is 0 Å². The number of halogens is 1. The lowest BCUT2D eigenvalue weighted by Crippen LogP contribution is -2.32. The fourth-order valence-electron chi connectivity index (χ4n) is 2.19. The molecule has 1 aliphatic heterocycles. The number of methoxy groups -OCH3 is 1. The molecule has 1 amide bonds. The molecule has 1 atom stereocenters. The van der Waals surface area contributed by atoms with E-state index in [-0.39, 0.29) is 11.7 Å². The summed E-state index contributed by atoms with van der Waals surface area (Å²) in [5, 5.41) is 9.81. The molecule has 0 spiro atoms. The molecule has 4 nitrogen and oxygen atoms in total. The van der Waals surface area contributed by atoms with Crippen molar-refractivity contribution in [1.29, 1.82) is 0 Å². The van der Waals surface area contributed by atoms with E-state index in [1.54, 1.807) is 24.0 Å². The second-order valence-electron chi connectivity index (χ2n) is 5.23. The van der Waals surface area contributed by atoms with Gasteiger partial charge in [-0.25, -0.2) is 4.39 Å². The summed E-state index contributed by atoms with van der Waals surface area (Å²) >= 11 is 0. The van der Waals surface area contributed by atoms with Crippen molar-refractivity contribution in [2.24, 2.45) is 0 Å². The third kappa shape index (κ3) is 3.36. The maximum atomic E-state index is 13.5. The van der Waals surface area contributed by atoms with Gasteiger partial charge in [0.15, 0.2) is 11.6 Å². The van der Waals surface area contributed by atoms with Crippen LogP contribution in [0.3, 0.4) is 0 Å². The van der Waals surface area contributed by atoms with Gasteiger partial charge >= 0.3 is 0 Å². The highest BCUT2D eigenvalue weighted by Gasteiger charge is 2.32. The SMILES string of the molecule is COc1ccc(/C=C/C(=O)N2CCC(C)(O)C2)cc1F. The van der Waals surface area contributed by atoms with Crippen LogP contribution in [0.15, 0.2) is 24.3 Å². The zero-order valence-corrected chi connectivity index (χ0v) is 11.6. The second kappa shape index (κ2) is 5.63. The van der Waals surface area contributed by atoms with Crippen LogP contribution in [0.1, 0.15) is 18.9 Å². The third-order valence-electron chi connectivity index (χ3n) is 3.36.